The third kappa shape index (κ3) is 3.32. The van der Waals surface area contributed by atoms with Gasteiger partial charge >= 0.3 is 5.63 Å². The summed E-state index contributed by atoms with van der Waals surface area (Å²) in [5, 5.41) is 11.6. The lowest BCUT2D eigenvalue weighted by molar-refractivity contribution is -0.384. The van der Waals surface area contributed by atoms with Crippen LogP contribution in [0.25, 0.3) is 11.0 Å². The summed E-state index contributed by atoms with van der Waals surface area (Å²) in [5.41, 5.74) is 6.72. The maximum atomic E-state index is 11.5. The van der Waals surface area contributed by atoms with Gasteiger partial charge in [0.25, 0.3) is 5.69 Å². The molecule has 1 heterocycles. The van der Waals surface area contributed by atoms with Gasteiger partial charge in [-0.15, -0.1) is 0 Å². The molecule has 0 saturated carbocycles. The molecule has 0 radical (unpaired) electrons. The second-order valence-electron chi connectivity index (χ2n) is 5.26. The highest BCUT2D eigenvalue weighted by Gasteiger charge is 2.12. The van der Waals surface area contributed by atoms with Crippen LogP contribution in [0.4, 0.5) is 17.1 Å². The van der Waals surface area contributed by atoms with Gasteiger partial charge in [0.1, 0.15) is 5.69 Å². The van der Waals surface area contributed by atoms with Crippen molar-refractivity contribution in [3.63, 3.8) is 0 Å². The summed E-state index contributed by atoms with van der Waals surface area (Å²) in [4.78, 5) is 27.7. The van der Waals surface area contributed by atoms with Crippen LogP contribution in [0.5, 0.6) is 0 Å². The predicted octanol–water partition coefficient (Wildman–Crippen LogP) is 2.78. The standard InChI is InChI=1S/C17H14N4O4/c1-20(12-5-3-6-13(10-12)21(23)24)17(18)19-14-7-2-4-11-8-9-15(22)25-16(11)14/h2-10H,1H3,(H2,18,19). The number of aliphatic imine (C=N–C) groups is 1. The fourth-order valence-corrected chi connectivity index (χ4v) is 2.31. The summed E-state index contributed by atoms with van der Waals surface area (Å²) in [6.07, 6.45) is 0. The molecule has 3 rings (SSSR count). The first-order valence-electron chi connectivity index (χ1n) is 7.31. The topological polar surface area (TPSA) is 115 Å². The van der Waals surface area contributed by atoms with E-state index >= 15 is 0 Å². The number of guanidine groups is 1. The molecule has 126 valence electrons. The molecule has 8 nitrogen and oxygen atoms in total. The molecule has 2 aromatic carbocycles. The normalized spacial score (nSPS) is 11.5. The highest BCUT2D eigenvalue weighted by atomic mass is 16.6. The Bertz CT molecular complexity index is 1040. The van der Waals surface area contributed by atoms with E-state index in [0.29, 0.717) is 22.3 Å². The van der Waals surface area contributed by atoms with Crippen molar-refractivity contribution in [1.82, 2.24) is 0 Å². The molecule has 1 aromatic heterocycles. The van der Waals surface area contributed by atoms with Gasteiger partial charge in [-0.2, -0.15) is 0 Å². The molecule has 25 heavy (non-hydrogen) atoms. The van der Waals surface area contributed by atoms with Crippen LogP contribution >= 0.6 is 0 Å². The largest absolute Gasteiger partial charge is 0.420 e. The molecule has 0 aliphatic carbocycles. The minimum absolute atomic E-state index is 0.0479. The Morgan fingerprint density at radius 1 is 1.20 bits per heavy atom. The third-order valence-corrected chi connectivity index (χ3v) is 3.63. The van der Waals surface area contributed by atoms with Gasteiger partial charge in [0.05, 0.1) is 10.6 Å². The first-order valence-corrected chi connectivity index (χ1v) is 7.31. The van der Waals surface area contributed by atoms with E-state index in [1.165, 1.54) is 23.1 Å². The maximum Gasteiger partial charge on any atom is 0.336 e. The number of para-hydroxylation sites is 1. The van der Waals surface area contributed by atoms with Crippen LogP contribution < -0.4 is 16.3 Å². The average molecular weight is 338 g/mol. The SMILES string of the molecule is CN(C(N)=Nc1cccc2ccc(=O)oc12)c1cccc([N+](=O)[O-])c1. The van der Waals surface area contributed by atoms with E-state index < -0.39 is 10.5 Å². The number of nitrogens with two attached hydrogens (primary N) is 1. The molecule has 0 aliphatic heterocycles. The highest BCUT2D eigenvalue weighted by Crippen LogP contribution is 2.25. The number of non-ortho nitro benzene ring substituents is 1. The van der Waals surface area contributed by atoms with Gasteiger partial charge in [0, 0.05) is 30.6 Å². The van der Waals surface area contributed by atoms with Crippen molar-refractivity contribution >= 4 is 34.0 Å². The van der Waals surface area contributed by atoms with Crippen LogP contribution in [0.1, 0.15) is 0 Å². The molecule has 0 bridgehead atoms. The molecular weight excluding hydrogens is 324 g/mol. The minimum atomic E-state index is -0.485. The summed E-state index contributed by atoms with van der Waals surface area (Å²) in [6.45, 7) is 0. The van der Waals surface area contributed by atoms with Crippen LogP contribution in [0, 0.1) is 10.1 Å². The molecule has 8 heteroatoms. The quantitative estimate of drug-likeness (QED) is 0.258. The molecule has 0 aliphatic rings. The van der Waals surface area contributed by atoms with E-state index in [0.717, 1.165) is 0 Å². The second-order valence-corrected chi connectivity index (χ2v) is 5.26. The average Bonchev–Trinajstić information content (AvgIpc) is 2.61. The Kier molecular flexibility index (Phi) is 4.17. The maximum absolute atomic E-state index is 11.5. The van der Waals surface area contributed by atoms with Gasteiger partial charge < -0.3 is 15.1 Å². The van der Waals surface area contributed by atoms with Crippen molar-refractivity contribution in [2.75, 3.05) is 11.9 Å². The third-order valence-electron chi connectivity index (χ3n) is 3.63. The van der Waals surface area contributed by atoms with Gasteiger partial charge in [0.2, 0.25) is 5.96 Å². The Labute approximate surface area is 142 Å². The summed E-state index contributed by atoms with van der Waals surface area (Å²) in [6, 6.07) is 14.2. The minimum Gasteiger partial charge on any atom is -0.420 e. The summed E-state index contributed by atoms with van der Waals surface area (Å²) >= 11 is 0. The number of rotatable bonds is 3. The zero-order chi connectivity index (χ0) is 18.0. The molecule has 0 spiro atoms. The van der Waals surface area contributed by atoms with Crippen LogP contribution in [0.3, 0.4) is 0 Å². The number of nitro groups is 1. The van der Waals surface area contributed by atoms with Gasteiger partial charge in [-0.05, 0) is 18.2 Å². The van der Waals surface area contributed by atoms with E-state index in [1.54, 1.807) is 43.4 Å². The van der Waals surface area contributed by atoms with Gasteiger partial charge in [-0.3, -0.25) is 10.1 Å². The molecule has 2 N–H and O–H groups in total. The number of hydrogen-bond donors (Lipinski definition) is 1. The zero-order valence-electron chi connectivity index (χ0n) is 13.2. The van der Waals surface area contributed by atoms with Crippen molar-refractivity contribution in [1.29, 1.82) is 0 Å². The fourth-order valence-electron chi connectivity index (χ4n) is 2.31. The molecule has 0 unspecified atom stereocenters. The molecule has 0 saturated heterocycles. The first kappa shape index (κ1) is 16.2. The first-order chi connectivity index (χ1) is 12.0. The van der Waals surface area contributed by atoms with E-state index in [9.17, 15) is 14.9 Å². The molecule has 3 aromatic rings. The van der Waals surface area contributed by atoms with Crippen LogP contribution in [0.2, 0.25) is 0 Å². The van der Waals surface area contributed by atoms with E-state index in [4.69, 9.17) is 10.2 Å². The van der Waals surface area contributed by atoms with Crippen LogP contribution in [-0.4, -0.2) is 17.9 Å². The zero-order valence-corrected chi connectivity index (χ0v) is 13.2. The number of anilines is 1. The van der Waals surface area contributed by atoms with Crippen molar-refractivity contribution in [2.24, 2.45) is 10.7 Å². The van der Waals surface area contributed by atoms with Crippen LogP contribution in [0.15, 0.2) is 68.8 Å². The fraction of sp³-hybridized carbons (Fsp3) is 0.0588. The number of nitro benzene ring substituents is 1. The lowest BCUT2D eigenvalue weighted by Crippen LogP contribution is -2.33. The Morgan fingerprint density at radius 3 is 2.72 bits per heavy atom. The Balaban J connectivity index is 2.01. The lowest BCUT2D eigenvalue weighted by Gasteiger charge is -2.18. The van der Waals surface area contributed by atoms with E-state index in [2.05, 4.69) is 4.99 Å². The monoisotopic (exact) mass is 338 g/mol. The van der Waals surface area contributed by atoms with Gasteiger partial charge in [-0.25, -0.2) is 9.79 Å². The summed E-state index contributed by atoms with van der Waals surface area (Å²) in [7, 11) is 1.64. The number of fused-ring (bicyclic) bond motifs is 1. The van der Waals surface area contributed by atoms with Crippen molar-refractivity contribution in [3.05, 3.63) is 75.1 Å². The van der Waals surface area contributed by atoms with Crippen molar-refractivity contribution in [2.45, 2.75) is 0 Å². The number of benzene rings is 2. The van der Waals surface area contributed by atoms with Gasteiger partial charge in [-0.1, -0.05) is 18.2 Å². The van der Waals surface area contributed by atoms with Crippen molar-refractivity contribution < 1.29 is 9.34 Å². The predicted molar refractivity (Wildman–Crippen MR) is 95.3 cm³/mol. The Morgan fingerprint density at radius 2 is 1.96 bits per heavy atom. The lowest BCUT2D eigenvalue weighted by atomic mass is 10.2. The van der Waals surface area contributed by atoms with Gasteiger partial charge in [0.15, 0.2) is 5.58 Å². The molecule has 0 amide bonds. The summed E-state index contributed by atoms with van der Waals surface area (Å²) < 4.78 is 5.20. The van der Waals surface area contributed by atoms with E-state index in [1.807, 2.05) is 0 Å². The summed E-state index contributed by atoms with van der Waals surface area (Å²) in [5.74, 6) is 0.0968. The highest BCUT2D eigenvalue weighted by molar-refractivity contribution is 5.98. The molecular formula is C17H14N4O4. The Hall–Kier alpha value is -3.68. The molecule has 0 fully saturated rings. The van der Waals surface area contributed by atoms with Crippen molar-refractivity contribution in [3.8, 4) is 0 Å². The number of hydrogen-bond acceptors (Lipinski definition) is 5. The van der Waals surface area contributed by atoms with E-state index in [-0.39, 0.29) is 11.6 Å². The number of nitrogens with zero attached hydrogens (tertiary/aromatic N) is 3. The van der Waals surface area contributed by atoms with Crippen LogP contribution in [-0.2, 0) is 0 Å². The molecule has 0 atom stereocenters. The smallest absolute Gasteiger partial charge is 0.336 e. The second kappa shape index (κ2) is 6.44.